The first-order valence-electron chi connectivity index (χ1n) is 7.45. The number of rotatable bonds is 4. The Bertz CT molecular complexity index is 597. The lowest BCUT2D eigenvalue weighted by Gasteiger charge is -2.32. The Hall–Kier alpha value is -1.31. The second kappa shape index (κ2) is 6.67. The fourth-order valence-electron chi connectivity index (χ4n) is 2.03. The summed E-state index contributed by atoms with van der Waals surface area (Å²) in [5, 5.41) is 9.37. The normalized spacial score (nSPS) is 19.9. The van der Waals surface area contributed by atoms with Gasteiger partial charge in [0.25, 0.3) is 0 Å². The molecule has 1 aliphatic heterocycles. The van der Waals surface area contributed by atoms with Gasteiger partial charge in [0.2, 0.25) is 0 Å². The fraction of sp³-hybridized carbons (Fsp3) is 0.500. The molecular weight excluding hydrogens is 313 g/mol. The molecule has 1 aromatic heterocycles. The van der Waals surface area contributed by atoms with E-state index in [-0.39, 0.29) is 10.9 Å². The molecule has 1 aromatic rings. The van der Waals surface area contributed by atoms with E-state index in [9.17, 15) is 9.90 Å². The highest BCUT2D eigenvalue weighted by atomic mass is 32.2. The third-order valence-corrected chi connectivity index (χ3v) is 4.99. The van der Waals surface area contributed by atoms with Gasteiger partial charge in [-0.3, -0.25) is 9.78 Å². The van der Waals surface area contributed by atoms with E-state index in [0.29, 0.717) is 11.4 Å². The van der Waals surface area contributed by atoms with E-state index in [1.54, 1.807) is 12.1 Å². The summed E-state index contributed by atoms with van der Waals surface area (Å²) in [6.45, 7) is 9.48. The molecule has 1 saturated heterocycles. The fourth-order valence-corrected chi connectivity index (χ4v) is 2.62. The standard InChI is InChI=1S/C16H22BNO4S/c1-11(19)23-10-12(8-13-6-7-14(20)9-18-13)17-21-15(2,3)16(4,5)22-17/h6-9,20H,10H2,1-5H3. The zero-order chi connectivity index (χ0) is 17.3. The maximum absolute atomic E-state index is 11.3. The van der Waals surface area contributed by atoms with Crippen LogP contribution >= 0.6 is 11.8 Å². The molecule has 1 aliphatic rings. The summed E-state index contributed by atoms with van der Waals surface area (Å²) in [5.74, 6) is 0.576. The highest BCUT2D eigenvalue weighted by Gasteiger charge is 2.52. The molecule has 2 heterocycles. The number of aromatic hydroxyl groups is 1. The average Bonchev–Trinajstić information content (AvgIpc) is 2.65. The Balaban J connectivity index is 2.28. The SMILES string of the molecule is CC(=O)SCC(=Cc1ccc(O)cn1)B1OC(C)(C)C(C)(C)O1. The Labute approximate surface area is 141 Å². The van der Waals surface area contributed by atoms with Crippen molar-refractivity contribution in [3.8, 4) is 5.75 Å². The van der Waals surface area contributed by atoms with Gasteiger partial charge in [0, 0.05) is 12.7 Å². The first-order chi connectivity index (χ1) is 10.6. The lowest BCUT2D eigenvalue weighted by atomic mass is 9.78. The van der Waals surface area contributed by atoms with Crippen LogP contribution in [0.1, 0.15) is 40.3 Å². The highest BCUT2D eigenvalue weighted by molar-refractivity contribution is 8.13. The number of hydrogen-bond donors (Lipinski definition) is 1. The third-order valence-electron chi connectivity index (χ3n) is 4.10. The van der Waals surface area contributed by atoms with Crippen LogP contribution in [-0.2, 0) is 14.1 Å². The molecule has 5 nitrogen and oxygen atoms in total. The Morgan fingerprint density at radius 1 is 1.30 bits per heavy atom. The van der Waals surface area contributed by atoms with E-state index in [1.807, 2.05) is 33.8 Å². The molecule has 0 aliphatic carbocycles. The van der Waals surface area contributed by atoms with Crippen molar-refractivity contribution in [3.05, 3.63) is 29.5 Å². The van der Waals surface area contributed by atoms with Crippen molar-refractivity contribution in [1.29, 1.82) is 0 Å². The lowest BCUT2D eigenvalue weighted by molar-refractivity contribution is -0.109. The first kappa shape index (κ1) is 18.0. The molecule has 2 rings (SSSR count). The number of hydrogen-bond acceptors (Lipinski definition) is 6. The summed E-state index contributed by atoms with van der Waals surface area (Å²) in [4.78, 5) is 15.5. The van der Waals surface area contributed by atoms with Gasteiger partial charge in [-0.2, -0.15) is 0 Å². The van der Waals surface area contributed by atoms with Crippen LogP contribution in [0.3, 0.4) is 0 Å². The maximum Gasteiger partial charge on any atom is 0.491 e. The van der Waals surface area contributed by atoms with Crippen LogP contribution in [0.5, 0.6) is 5.75 Å². The van der Waals surface area contributed by atoms with Crippen LogP contribution in [0.25, 0.3) is 6.08 Å². The summed E-state index contributed by atoms with van der Waals surface area (Å²) in [6.07, 6.45) is 3.23. The minimum absolute atomic E-state index is 0.0334. The lowest BCUT2D eigenvalue weighted by Crippen LogP contribution is -2.41. The molecule has 7 heteroatoms. The molecule has 124 valence electrons. The molecule has 0 unspecified atom stereocenters. The van der Waals surface area contributed by atoms with E-state index >= 15 is 0 Å². The molecular formula is C16H22BNO4S. The van der Waals surface area contributed by atoms with Gasteiger partial charge in [-0.05, 0) is 51.4 Å². The molecule has 0 radical (unpaired) electrons. The van der Waals surface area contributed by atoms with Gasteiger partial charge in [-0.1, -0.05) is 11.8 Å². The number of pyridine rings is 1. The summed E-state index contributed by atoms with van der Waals surface area (Å²) < 4.78 is 12.1. The maximum atomic E-state index is 11.3. The Morgan fingerprint density at radius 2 is 1.91 bits per heavy atom. The summed E-state index contributed by atoms with van der Waals surface area (Å²) >= 11 is 1.20. The predicted molar refractivity (Wildman–Crippen MR) is 93.1 cm³/mol. The van der Waals surface area contributed by atoms with Gasteiger partial charge in [0.15, 0.2) is 5.12 Å². The van der Waals surface area contributed by atoms with Crippen LogP contribution in [0.4, 0.5) is 0 Å². The number of carbonyl (C=O) groups is 1. The molecule has 23 heavy (non-hydrogen) atoms. The average molecular weight is 335 g/mol. The molecule has 0 atom stereocenters. The summed E-state index contributed by atoms with van der Waals surface area (Å²) in [6, 6.07) is 3.28. The minimum atomic E-state index is -0.526. The van der Waals surface area contributed by atoms with E-state index in [1.165, 1.54) is 24.9 Å². The zero-order valence-corrected chi connectivity index (χ0v) is 14.9. The van der Waals surface area contributed by atoms with Gasteiger partial charge in [0.1, 0.15) is 5.75 Å². The summed E-state index contributed by atoms with van der Waals surface area (Å²) in [5.41, 5.74) is 0.624. The Kier molecular flexibility index (Phi) is 5.23. The van der Waals surface area contributed by atoms with Crippen molar-refractivity contribution in [2.24, 2.45) is 0 Å². The van der Waals surface area contributed by atoms with E-state index < -0.39 is 18.3 Å². The largest absolute Gasteiger partial charge is 0.506 e. The van der Waals surface area contributed by atoms with Crippen LogP contribution in [0.2, 0.25) is 0 Å². The molecule has 1 fully saturated rings. The number of carbonyl (C=O) groups excluding carboxylic acids is 1. The van der Waals surface area contributed by atoms with Crippen LogP contribution in [-0.4, -0.2) is 39.3 Å². The highest BCUT2D eigenvalue weighted by Crippen LogP contribution is 2.39. The van der Waals surface area contributed by atoms with Crippen molar-refractivity contribution in [2.45, 2.75) is 45.8 Å². The second-order valence-corrected chi connectivity index (χ2v) is 7.68. The van der Waals surface area contributed by atoms with Crippen LogP contribution in [0, 0.1) is 0 Å². The topological polar surface area (TPSA) is 68.7 Å². The summed E-state index contributed by atoms with van der Waals surface area (Å²) in [7, 11) is -0.526. The van der Waals surface area contributed by atoms with E-state index in [0.717, 1.165) is 5.47 Å². The van der Waals surface area contributed by atoms with Crippen molar-refractivity contribution in [2.75, 3.05) is 5.75 Å². The van der Waals surface area contributed by atoms with Crippen molar-refractivity contribution >= 4 is 30.1 Å². The van der Waals surface area contributed by atoms with Gasteiger partial charge in [-0.15, -0.1) is 0 Å². The van der Waals surface area contributed by atoms with Gasteiger partial charge >= 0.3 is 7.12 Å². The molecule has 0 aromatic carbocycles. The van der Waals surface area contributed by atoms with Crippen LogP contribution in [0.15, 0.2) is 23.8 Å². The quantitative estimate of drug-likeness (QED) is 0.853. The zero-order valence-electron chi connectivity index (χ0n) is 14.1. The number of nitrogens with zero attached hydrogens (tertiary/aromatic N) is 1. The monoisotopic (exact) mass is 335 g/mol. The molecule has 0 amide bonds. The van der Waals surface area contributed by atoms with Crippen molar-refractivity contribution < 1.29 is 19.2 Å². The van der Waals surface area contributed by atoms with Crippen LogP contribution < -0.4 is 0 Å². The first-order valence-corrected chi connectivity index (χ1v) is 8.44. The third kappa shape index (κ3) is 4.37. The van der Waals surface area contributed by atoms with E-state index in [4.69, 9.17) is 9.31 Å². The second-order valence-electron chi connectivity index (χ2n) is 6.53. The molecule has 1 N–H and O–H groups in total. The van der Waals surface area contributed by atoms with Crippen molar-refractivity contribution in [1.82, 2.24) is 4.98 Å². The van der Waals surface area contributed by atoms with Gasteiger partial charge in [-0.25, -0.2) is 0 Å². The van der Waals surface area contributed by atoms with Crippen molar-refractivity contribution in [3.63, 3.8) is 0 Å². The molecule has 0 saturated carbocycles. The Morgan fingerprint density at radius 3 is 2.39 bits per heavy atom. The minimum Gasteiger partial charge on any atom is -0.506 e. The van der Waals surface area contributed by atoms with E-state index in [2.05, 4.69) is 4.98 Å². The number of thioether (sulfide) groups is 1. The smallest absolute Gasteiger partial charge is 0.491 e. The van der Waals surface area contributed by atoms with Gasteiger partial charge in [0.05, 0.1) is 23.1 Å². The number of aromatic nitrogens is 1. The molecule has 0 spiro atoms. The van der Waals surface area contributed by atoms with Gasteiger partial charge < -0.3 is 14.4 Å². The molecule has 0 bridgehead atoms. The predicted octanol–water partition coefficient (Wildman–Crippen LogP) is 3.08.